The highest BCUT2D eigenvalue weighted by molar-refractivity contribution is 7.80. The maximum atomic E-state index is 13.0. The molecular weight excluding hydrogens is 341 g/mol. The minimum absolute atomic E-state index is 0.276. The molecule has 2 aromatic rings. The van der Waals surface area contributed by atoms with Gasteiger partial charge in [0.25, 0.3) is 0 Å². The molecule has 5 nitrogen and oxygen atoms in total. The number of nitrogens with one attached hydrogen (secondary N) is 3. The molecule has 0 heterocycles. The number of hydrazine groups is 1. The van der Waals surface area contributed by atoms with Gasteiger partial charge in [0.15, 0.2) is 11.5 Å². The third-order valence-corrected chi connectivity index (χ3v) is 3.52. The van der Waals surface area contributed by atoms with Crippen LogP contribution in [0.15, 0.2) is 42.5 Å². The maximum Gasteiger partial charge on any atom is 0.223 e. The zero-order chi connectivity index (χ0) is 18.1. The molecule has 7 heteroatoms. The lowest BCUT2D eigenvalue weighted by atomic mass is 10.2. The van der Waals surface area contributed by atoms with Crippen LogP contribution < -0.4 is 25.3 Å². The van der Waals surface area contributed by atoms with Gasteiger partial charge in [-0.25, -0.2) is 4.39 Å². The number of hydrogen-bond donors (Lipinski definition) is 3. The van der Waals surface area contributed by atoms with Gasteiger partial charge in [0.1, 0.15) is 12.4 Å². The molecule has 0 atom stereocenters. The van der Waals surface area contributed by atoms with Gasteiger partial charge in [-0.3, -0.25) is 0 Å². The molecule has 0 saturated heterocycles. The maximum absolute atomic E-state index is 13.0. The second-order valence-corrected chi connectivity index (χ2v) is 5.48. The minimum atomic E-state index is -0.276. The second kappa shape index (κ2) is 9.58. The molecular formula is C18H21FN3O2S+. The Bertz CT molecular complexity index is 736. The summed E-state index contributed by atoms with van der Waals surface area (Å²) in [5, 5.41) is 6.39. The Labute approximate surface area is 151 Å². The van der Waals surface area contributed by atoms with Crippen molar-refractivity contribution in [2.24, 2.45) is 0 Å². The van der Waals surface area contributed by atoms with Crippen LogP contribution in [0.1, 0.15) is 18.1 Å². The minimum Gasteiger partial charge on any atom is -0.493 e. The fourth-order valence-electron chi connectivity index (χ4n) is 2.08. The Balaban J connectivity index is 2.13. The molecule has 0 aliphatic heterocycles. The van der Waals surface area contributed by atoms with Crippen LogP contribution in [0.4, 0.5) is 4.39 Å². The summed E-state index contributed by atoms with van der Waals surface area (Å²) in [5.74, 6) is 0.909. The Morgan fingerprint density at radius 1 is 1.24 bits per heavy atom. The number of thiocarbonyl (C=S) groups is 1. The lowest BCUT2D eigenvalue weighted by Gasteiger charge is -2.12. The van der Waals surface area contributed by atoms with Gasteiger partial charge in [0.2, 0.25) is 11.3 Å². The van der Waals surface area contributed by atoms with E-state index < -0.39 is 0 Å². The predicted molar refractivity (Wildman–Crippen MR) is 99.3 cm³/mol. The van der Waals surface area contributed by atoms with Gasteiger partial charge in [0.05, 0.1) is 12.7 Å². The molecule has 0 aliphatic rings. The van der Waals surface area contributed by atoms with Gasteiger partial charge < -0.3 is 14.8 Å². The highest BCUT2D eigenvalue weighted by Gasteiger charge is 2.11. The van der Waals surface area contributed by atoms with E-state index in [0.29, 0.717) is 23.2 Å². The molecule has 0 fully saturated rings. The lowest BCUT2D eigenvalue weighted by Crippen LogP contribution is -2.82. The Morgan fingerprint density at radius 2 is 2.00 bits per heavy atom. The van der Waals surface area contributed by atoms with Crippen LogP contribution in [0.5, 0.6) is 11.5 Å². The smallest absolute Gasteiger partial charge is 0.223 e. The van der Waals surface area contributed by atoms with Gasteiger partial charge in [-0.2, -0.15) is 0 Å². The summed E-state index contributed by atoms with van der Waals surface area (Å²) in [5.41, 5.74) is 4.50. The SMILES string of the molecule is CCNC(=S)N[NH+]=Cc1cccc(OC)c1OCc1ccc(F)cc1. The zero-order valence-electron chi connectivity index (χ0n) is 14.1. The van der Waals surface area contributed by atoms with Crippen LogP contribution in [-0.4, -0.2) is 25.0 Å². The number of benzene rings is 2. The van der Waals surface area contributed by atoms with Crippen LogP contribution in [0, 0.1) is 5.82 Å². The number of para-hydroxylation sites is 1. The van der Waals surface area contributed by atoms with Crippen LogP contribution in [0.2, 0.25) is 0 Å². The molecule has 0 spiro atoms. The monoisotopic (exact) mass is 362 g/mol. The summed E-state index contributed by atoms with van der Waals surface area (Å²) in [6, 6.07) is 11.7. The topological polar surface area (TPSA) is 56.5 Å². The van der Waals surface area contributed by atoms with Crippen molar-refractivity contribution in [2.45, 2.75) is 13.5 Å². The van der Waals surface area contributed by atoms with E-state index in [4.69, 9.17) is 21.7 Å². The molecule has 0 aromatic heterocycles. The first-order valence-electron chi connectivity index (χ1n) is 7.81. The molecule has 25 heavy (non-hydrogen) atoms. The number of methoxy groups -OCH3 is 1. The fraction of sp³-hybridized carbons (Fsp3) is 0.222. The number of ether oxygens (including phenoxy) is 2. The van der Waals surface area contributed by atoms with Gasteiger partial charge >= 0.3 is 0 Å². The van der Waals surface area contributed by atoms with E-state index in [0.717, 1.165) is 17.7 Å². The Morgan fingerprint density at radius 3 is 2.68 bits per heavy atom. The fourth-order valence-corrected chi connectivity index (χ4v) is 2.29. The molecule has 0 amide bonds. The molecule has 0 saturated carbocycles. The van der Waals surface area contributed by atoms with Gasteiger partial charge in [0, 0.05) is 6.54 Å². The molecule has 0 unspecified atom stereocenters. The number of hydrogen-bond acceptors (Lipinski definition) is 3. The first-order valence-corrected chi connectivity index (χ1v) is 8.21. The van der Waals surface area contributed by atoms with Crippen LogP contribution >= 0.6 is 12.2 Å². The predicted octanol–water partition coefficient (Wildman–Crippen LogP) is 1.31. The van der Waals surface area contributed by atoms with Crippen molar-refractivity contribution in [3.8, 4) is 11.5 Å². The van der Waals surface area contributed by atoms with E-state index in [1.165, 1.54) is 12.1 Å². The summed E-state index contributed by atoms with van der Waals surface area (Å²) >= 11 is 5.08. The summed E-state index contributed by atoms with van der Waals surface area (Å²) in [7, 11) is 1.58. The average Bonchev–Trinajstić information content (AvgIpc) is 2.62. The van der Waals surface area contributed by atoms with Crippen molar-refractivity contribution < 1.29 is 19.0 Å². The van der Waals surface area contributed by atoms with E-state index in [-0.39, 0.29) is 5.82 Å². The average molecular weight is 362 g/mol. The summed E-state index contributed by atoms with van der Waals surface area (Å²) in [4.78, 5) is 0. The van der Waals surface area contributed by atoms with Crippen molar-refractivity contribution >= 4 is 23.5 Å². The largest absolute Gasteiger partial charge is 0.493 e. The van der Waals surface area contributed by atoms with Crippen molar-refractivity contribution in [3.05, 3.63) is 59.4 Å². The number of hydrazone groups is 1. The molecule has 3 N–H and O–H groups in total. The van der Waals surface area contributed by atoms with Gasteiger partial charge in [-0.15, -0.1) is 10.5 Å². The molecule has 0 aliphatic carbocycles. The van der Waals surface area contributed by atoms with Crippen molar-refractivity contribution in [1.29, 1.82) is 0 Å². The highest BCUT2D eigenvalue weighted by Crippen LogP contribution is 2.30. The quantitative estimate of drug-likeness (QED) is 0.394. The lowest BCUT2D eigenvalue weighted by molar-refractivity contribution is -0.500. The van der Waals surface area contributed by atoms with Gasteiger partial charge in [-0.05, 0) is 49.0 Å². The molecule has 0 radical (unpaired) electrons. The Kier molecular flexibility index (Phi) is 7.16. The normalized spacial score (nSPS) is 10.5. The summed E-state index contributed by atoms with van der Waals surface area (Å²) in [6.45, 7) is 2.99. The van der Waals surface area contributed by atoms with E-state index >= 15 is 0 Å². The second-order valence-electron chi connectivity index (χ2n) is 5.07. The standard InChI is InChI=1S/C18H20FN3O2S/c1-3-20-18(25)22-21-11-14-5-4-6-16(23-2)17(14)24-12-13-7-9-15(19)10-8-13/h4-11H,3,12H2,1-2H3,(H2,20,22,25)/p+1. The third-order valence-electron chi connectivity index (χ3n) is 3.28. The highest BCUT2D eigenvalue weighted by atomic mass is 32.1. The first kappa shape index (κ1) is 18.7. The summed E-state index contributed by atoms with van der Waals surface area (Å²) < 4.78 is 24.3. The van der Waals surface area contributed by atoms with Crippen molar-refractivity contribution in [3.63, 3.8) is 0 Å². The molecule has 132 valence electrons. The van der Waals surface area contributed by atoms with E-state index in [2.05, 4.69) is 15.8 Å². The van der Waals surface area contributed by atoms with E-state index in [1.807, 2.05) is 25.1 Å². The van der Waals surface area contributed by atoms with Gasteiger partial charge in [-0.1, -0.05) is 18.2 Å². The molecule has 2 aromatic carbocycles. The Hall–Kier alpha value is -2.67. The van der Waals surface area contributed by atoms with E-state index in [1.54, 1.807) is 25.5 Å². The number of halogens is 1. The third kappa shape index (κ3) is 5.72. The number of rotatable bonds is 7. The zero-order valence-corrected chi connectivity index (χ0v) is 15.0. The van der Waals surface area contributed by atoms with Crippen LogP contribution in [-0.2, 0) is 6.61 Å². The van der Waals surface area contributed by atoms with Crippen molar-refractivity contribution in [2.75, 3.05) is 13.7 Å². The van der Waals surface area contributed by atoms with Crippen LogP contribution in [0.25, 0.3) is 0 Å². The van der Waals surface area contributed by atoms with Crippen LogP contribution in [0.3, 0.4) is 0 Å². The van der Waals surface area contributed by atoms with Crippen molar-refractivity contribution in [1.82, 2.24) is 10.7 Å². The molecule has 0 bridgehead atoms. The first-order chi connectivity index (χ1) is 12.1. The van der Waals surface area contributed by atoms with E-state index in [9.17, 15) is 4.39 Å². The molecule has 2 rings (SSSR count). The summed E-state index contributed by atoms with van der Waals surface area (Å²) in [6.07, 6.45) is 1.73.